The number of anilines is 6. The first-order valence-corrected chi connectivity index (χ1v) is 28.4. The molecule has 0 N–H and O–H groups in total. The number of nitrogens with zero attached hydrogens (tertiary/aromatic N) is 3. The Kier molecular flexibility index (Phi) is 11.1. The van der Waals surface area contributed by atoms with E-state index in [1.54, 1.807) is 0 Å². The third-order valence-electron chi connectivity index (χ3n) is 16.6. The molecule has 5 heteroatoms. The van der Waals surface area contributed by atoms with Gasteiger partial charge in [0.05, 0.1) is 21.6 Å². The summed E-state index contributed by atoms with van der Waals surface area (Å²) in [5.74, 6) is 0. The van der Waals surface area contributed by atoms with E-state index in [0.29, 0.717) is 0 Å². The van der Waals surface area contributed by atoms with Crippen LogP contribution in [0.3, 0.4) is 0 Å². The minimum atomic E-state index is -0.134. The number of benzene rings is 9. The Morgan fingerprint density at radius 1 is 0.403 bits per heavy atom. The molecule has 0 aliphatic carbocycles. The summed E-state index contributed by atoms with van der Waals surface area (Å²) < 4.78 is 5.40. The molecule has 3 nitrogen and oxygen atoms in total. The number of aromatic nitrogens is 1. The maximum absolute atomic E-state index is 2.79. The van der Waals surface area contributed by atoms with Gasteiger partial charge in [-0.3, -0.25) is 0 Å². The van der Waals surface area contributed by atoms with E-state index < -0.39 is 0 Å². The summed E-state index contributed by atoms with van der Waals surface area (Å²) in [5, 5.41) is 2.58. The summed E-state index contributed by atoms with van der Waals surface area (Å²) in [4.78, 5) is 5.18. The molecule has 0 bridgehead atoms. The van der Waals surface area contributed by atoms with Gasteiger partial charge in [-0.1, -0.05) is 210 Å². The highest BCUT2D eigenvalue weighted by atomic mass is 32.1. The Balaban J connectivity index is 1.18. The van der Waals surface area contributed by atoms with Gasteiger partial charge in [0, 0.05) is 54.9 Å². The van der Waals surface area contributed by atoms with Gasteiger partial charge < -0.3 is 14.3 Å². The van der Waals surface area contributed by atoms with Crippen molar-refractivity contribution in [2.75, 3.05) is 9.80 Å². The maximum atomic E-state index is 2.79. The number of hydrogen-bond acceptors (Lipinski definition) is 3. The van der Waals surface area contributed by atoms with Crippen molar-refractivity contribution < 1.29 is 0 Å². The minimum Gasteiger partial charge on any atom is -0.374 e. The van der Waals surface area contributed by atoms with E-state index >= 15 is 0 Å². The van der Waals surface area contributed by atoms with Gasteiger partial charge in [0.25, 0.3) is 0 Å². The van der Waals surface area contributed by atoms with Gasteiger partial charge >= 0.3 is 6.85 Å². The highest BCUT2D eigenvalue weighted by molar-refractivity contribution is 7.27. The molecule has 2 aliphatic heterocycles. The van der Waals surface area contributed by atoms with Gasteiger partial charge in [-0.25, -0.2) is 0 Å². The Labute approximate surface area is 460 Å². The highest BCUT2D eigenvalue weighted by Crippen LogP contribution is 2.55. The summed E-state index contributed by atoms with van der Waals surface area (Å²) in [6.07, 6.45) is 0. The Bertz CT molecular complexity index is 4060. The molecule has 13 rings (SSSR count). The first-order chi connectivity index (χ1) is 36.7. The number of rotatable bonds is 6. The zero-order chi connectivity index (χ0) is 53.5. The van der Waals surface area contributed by atoms with Crippen molar-refractivity contribution in [3.8, 4) is 33.4 Å². The number of thiophene rings is 1. The minimum absolute atomic E-state index is 0.0213. The largest absolute Gasteiger partial charge is 0.374 e. The topological polar surface area (TPSA) is 11.4 Å². The standard InChI is InChI=1S/C72H68BN3S/c1-69(2,3)48-27-33-52(34-28-48)74(53-35-29-49(30-36-53)70(4,5)6)60-40-37-54-57-41-47(45-21-15-13-16-22-45)42-62-65(57)73(76-66(54)64(60)68-67(76)55-25-19-20-26-63(55)77-68)58-38-31-51(72(10,11)12)44-61(58)75(62)59-39-32-50(71(7,8)9)43-56(59)46-23-17-14-18-24-46/h13-44H,1-12H3. The van der Waals surface area contributed by atoms with Crippen LogP contribution in [0.5, 0.6) is 0 Å². The molecule has 11 aromatic rings. The van der Waals surface area contributed by atoms with Gasteiger partial charge in [-0.15, -0.1) is 11.3 Å². The fraction of sp³-hybridized carbons (Fsp3) is 0.222. The molecule has 0 unspecified atom stereocenters. The highest BCUT2D eigenvalue weighted by Gasteiger charge is 2.45. The lowest BCUT2D eigenvalue weighted by atomic mass is 9.44. The second kappa shape index (κ2) is 17.5. The fourth-order valence-corrected chi connectivity index (χ4v) is 13.6. The van der Waals surface area contributed by atoms with Crippen LogP contribution in [0.15, 0.2) is 194 Å². The van der Waals surface area contributed by atoms with Crippen molar-refractivity contribution in [3.05, 3.63) is 216 Å². The van der Waals surface area contributed by atoms with Crippen molar-refractivity contribution in [2.24, 2.45) is 0 Å². The first-order valence-electron chi connectivity index (χ1n) is 27.6. The Morgan fingerprint density at radius 2 is 0.948 bits per heavy atom. The molecule has 9 aromatic carbocycles. The van der Waals surface area contributed by atoms with Crippen molar-refractivity contribution in [3.63, 3.8) is 0 Å². The molecule has 0 saturated heterocycles. The van der Waals surface area contributed by atoms with Crippen LogP contribution in [0.4, 0.5) is 34.1 Å². The van der Waals surface area contributed by atoms with Crippen LogP contribution in [0.2, 0.25) is 0 Å². The van der Waals surface area contributed by atoms with E-state index in [4.69, 9.17) is 0 Å². The van der Waals surface area contributed by atoms with Crippen molar-refractivity contribution in [1.82, 2.24) is 4.48 Å². The van der Waals surface area contributed by atoms with Gasteiger partial charge in [-0.05, 0) is 144 Å². The molecular weight excluding hydrogens is 950 g/mol. The monoisotopic (exact) mass is 1020 g/mol. The van der Waals surface area contributed by atoms with E-state index in [0.717, 1.165) is 11.4 Å². The number of fused-ring (bicyclic) bond motifs is 9. The van der Waals surface area contributed by atoms with Crippen LogP contribution in [-0.4, -0.2) is 11.3 Å². The summed E-state index contributed by atoms with van der Waals surface area (Å²) in [6, 6.07) is 74.5. The normalized spacial score (nSPS) is 13.4. The molecule has 4 heterocycles. The summed E-state index contributed by atoms with van der Waals surface area (Å²) in [6.45, 7) is 27.7. The average Bonchev–Trinajstić information content (AvgIpc) is 4.12. The van der Waals surface area contributed by atoms with Gasteiger partial charge in [-0.2, -0.15) is 0 Å². The van der Waals surface area contributed by atoms with E-state index in [2.05, 4.69) is 291 Å². The average molecular weight is 1020 g/mol. The van der Waals surface area contributed by atoms with E-state index in [9.17, 15) is 0 Å². The van der Waals surface area contributed by atoms with Crippen molar-refractivity contribution in [2.45, 2.75) is 105 Å². The number of hydrogen-bond donors (Lipinski definition) is 0. The zero-order valence-corrected chi connectivity index (χ0v) is 47.6. The summed E-state index contributed by atoms with van der Waals surface area (Å²) in [5.41, 5.74) is 24.8. The predicted molar refractivity (Wildman–Crippen MR) is 336 cm³/mol. The van der Waals surface area contributed by atoms with Crippen LogP contribution in [0.25, 0.3) is 64.6 Å². The van der Waals surface area contributed by atoms with Crippen LogP contribution in [0.1, 0.15) is 105 Å². The lowest BCUT2D eigenvalue weighted by molar-refractivity contribution is 0.590. The zero-order valence-electron chi connectivity index (χ0n) is 46.8. The second-order valence-corrected chi connectivity index (χ2v) is 26.9. The van der Waals surface area contributed by atoms with Crippen molar-refractivity contribution >= 4 is 94.4 Å². The SMILES string of the molecule is CC(C)(C)c1ccc(N(c2ccc(C(C)(C)C)cc2)c2ccc3c4c2c2sc5ccccc5c2n4B2c4ccc(C(C)(C)C)cc4N(c4ccc(C(C)(C)C)cc4-c4ccccc4)c4cc(-c5ccccc5)cc-3c42)cc1. The molecule has 77 heavy (non-hydrogen) atoms. The second-order valence-electron chi connectivity index (χ2n) is 25.9. The van der Waals surface area contributed by atoms with E-state index in [1.165, 1.54) is 121 Å². The Hall–Kier alpha value is -7.60. The summed E-state index contributed by atoms with van der Waals surface area (Å²) in [7, 11) is 0. The van der Waals surface area contributed by atoms with Crippen LogP contribution >= 0.6 is 11.3 Å². The third-order valence-corrected chi connectivity index (χ3v) is 17.8. The molecule has 0 spiro atoms. The smallest absolute Gasteiger partial charge is 0.333 e. The molecule has 0 atom stereocenters. The lowest BCUT2D eigenvalue weighted by Crippen LogP contribution is -2.56. The quantitative estimate of drug-likeness (QED) is 0.154. The summed E-state index contributed by atoms with van der Waals surface area (Å²) >= 11 is 1.94. The fourth-order valence-electron chi connectivity index (χ4n) is 12.3. The molecule has 2 aliphatic rings. The van der Waals surface area contributed by atoms with Gasteiger partial charge in [0.2, 0.25) is 0 Å². The molecule has 0 saturated carbocycles. The molecule has 0 radical (unpaired) electrons. The van der Waals surface area contributed by atoms with Gasteiger partial charge in [0.15, 0.2) is 0 Å². The molecule has 2 aromatic heterocycles. The van der Waals surface area contributed by atoms with E-state index in [1.807, 2.05) is 11.3 Å². The molecule has 0 amide bonds. The van der Waals surface area contributed by atoms with Gasteiger partial charge in [0.1, 0.15) is 0 Å². The molecule has 0 fully saturated rings. The van der Waals surface area contributed by atoms with Crippen LogP contribution in [0, 0.1) is 0 Å². The lowest BCUT2D eigenvalue weighted by Gasteiger charge is -2.42. The Morgan fingerprint density at radius 3 is 1.56 bits per heavy atom. The third kappa shape index (κ3) is 7.98. The molecular formula is C72H68BN3S. The maximum Gasteiger partial charge on any atom is 0.333 e. The first kappa shape index (κ1) is 49.0. The van der Waals surface area contributed by atoms with Crippen molar-refractivity contribution in [1.29, 1.82) is 0 Å². The molecule has 380 valence electrons. The predicted octanol–water partition coefficient (Wildman–Crippen LogP) is 19.4. The van der Waals surface area contributed by atoms with Crippen LogP contribution in [-0.2, 0) is 21.7 Å². The van der Waals surface area contributed by atoms with Crippen LogP contribution < -0.4 is 20.7 Å². The van der Waals surface area contributed by atoms with E-state index in [-0.39, 0.29) is 28.5 Å².